The van der Waals surface area contributed by atoms with Crippen LogP contribution in [0.25, 0.3) is 11.0 Å². The van der Waals surface area contributed by atoms with E-state index in [0.717, 1.165) is 10.9 Å². The van der Waals surface area contributed by atoms with Crippen LogP contribution in [0.3, 0.4) is 0 Å². The van der Waals surface area contributed by atoms with E-state index in [1.54, 1.807) is 0 Å². The summed E-state index contributed by atoms with van der Waals surface area (Å²) in [5, 5.41) is 4.93. The third-order valence-corrected chi connectivity index (χ3v) is 3.89. The minimum absolute atomic E-state index is 0.0770. The number of urea groups is 1. The first-order chi connectivity index (χ1) is 13.4. The highest BCUT2D eigenvalue weighted by Gasteiger charge is 2.15. The average Bonchev–Trinajstić information content (AvgIpc) is 3.03. The fourth-order valence-corrected chi connectivity index (χ4v) is 2.56. The molecule has 0 aliphatic carbocycles. The van der Waals surface area contributed by atoms with E-state index >= 15 is 0 Å². The molecular formula is C20H17FN2O5. The Kier molecular flexibility index (Phi) is 5.69. The van der Waals surface area contributed by atoms with Crippen LogP contribution in [0.4, 0.5) is 14.9 Å². The summed E-state index contributed by atoms with van der Waals surface area (Å²) in [7, 11) is 0. The first-order valence-electron chi connectivity index (χ1n) is 8.40. The number of hydrogen-bond donors (Lipinski definition) is 2. The van der Waals surface area contributed by atoms with Gasteiger partial charge in [0.15, 0.2) is 6.61 Å². The molecular weight excluding hydrogens is 367 g/mol. The highest BCUT2D eigenvalue weighted by atomic mass is 19.1. The maximum atomic E-state index is 13.5. The number of ether oxygens (including phenoxy) is 1. The predicted octanol–water partition coefficient (Wildman–Crippen LogP) is 3.31. The smallest absolute Gasteiger partial charge is 0.326 e. The zero-order valence-electron chi connectivity index (χ0n) is 15.0. The molecule has 144 valence electrons. The van der Waals surface area contributed by atoms with Crippen LogP contribution in [0.2, 0.25) is 0 Å². The Morgan fingerprint density at radius 3 is 2.71 bits per heavy atom. The summed E-state index contributed by atoms with van der Waals surface area (Å²) in [4.78, 5) is 35.4. The summed E-state index contributed by atoms with van der Waals surface area (Å²) in [5.41, 5.74) is 2.25. The fourth-order valence-electron chi connectivity index (χ4n) is 2.56. The Morgan fingerprint density at radius 2 is 1.93 bits per heavy atom. The molecule has 3 rings (SSSR count). The van der Waals surface area contributed by atoms with Gasteiger partial charge in [0.1, 0.15) is 11.4 Å². The van der Waals surface area contributed by atoms with Gasteiger partial charge < -0.3 is 14.5 Å². The second-order valence-electron chi connectivity index (χ2n) is 6.08. The normalized spacial score (nSPS) is 10.5. The molecule has 0 fully saturated rings. The van der Waals surface area contributed by atoms with Gasteiger partial charge in [0, 0.05) is 10.9 Å². The van der Waals surface area contributed by atoms with Gasteiger partial charge in [-0.1, -0.05) is 24.3 Å². The number of furan rings is 1. The maximum Gasteiger partial charge on any atom is 0.326 e. The number of hydrogen-bond acceptors (Lipinski definition) is 5. The van der Waals surface area contributed by atoms with Crippen molar-refractivity contribution in [2.45, 2.75) is 13.3 Å². The van der Waals surface area contributed by atoms with Crippen molar-refractivity contribution in [1.82, 2.24) is 5.32 Å². The van der Waals surface area contributed by atoms with E-state index in [9.17, 15) is 18.8 Å². The molecule has 3 aromatic rings. The number of rotatable bonds is 5. The molecule has 28 heavy (non-hydrogen) atoms. The van der Waals surface area contributed by atoms with Crippen LogP contribution in [0, 0.1) is 12.7 Å². The van der Waals surface area contributed by atoms with E-state index in [1.165, 1.54) is 30.5 Å². The lowest BCUT2D eigenvalue weighted by molar-refractivity contribution is -0.147. The van der Waals surface area contributed by atoms with Gasteiger partial charge in [-0.05, 0) is 30.7 Å². The molecule has 1 aromatic heterocycles. The molecule has 0 radical (unpaired) electrons. The quantitative estimate of drug-likeness (QED) is 0.658. The third kappa shape index (κ3) is 4.73. The Labute approximate surface area is 159 Å². The van der Waals surface area contributed by atoms with Crippen LogP contribution in [-0.2, 0) is 20.7 Å². The van der Waals surface area contributed by atoms with Crippen molar-refractivity contribution in [3.8, 4) is 0 Å². The summed E-state index contributed by atoms with van der Waals surface area (Å²) in [6.07, 6.45) is 1.39. The molecule has 2 N–H and O–H groups in total. The van der Waals surface area contributed by atoms with E-state index in [4.69, 9.17) is 9.15 Å². The molecule has 3 amide bonds. The van der Waals surface area contributed by atoms with Crippen molar-refractivity contribution >= 4 is 34.6 Å². The summed E-state index contributed by atoms with van der Waals surface area (Å²) in [6, 6.07) is 10.2. The number of imide groups is 1. The molecule has 8 heteroatoms. The van der Waals surface area contributed by atoms with Gasteiger partial charge in [0.25, 0.3) is 5.91 Å². The van der Waals surface area contributed by atoms with E-state index in [0.29, 0.717) is 11.1 Å². The van der Waals surface area contributed by atoms with Gasteiger partial charge >= 0.3 is 12.0 Å². The monoisotopic (exact) mass is 384 g/mol. The van der Waals surface area contributed by atoms with Crippen molar-refractivity contribution < 1.29 is 27.9 Å². The van der Waals surface area contributed by atoms with Crippen LogP contribution < -0.4 is 10.6 Å². The number of amides is 3. The zero-order valence-corrected chi connectivity index (χ0v) is 15.0. The Bertz CT molecular complexity index is 1040. The van der Waals surface area contributed by atoms with Crippen molar-refractivity contribution in [3.05, 3.63) is 65.7 Å². The summed E-state index contributed by atoms with van der Waals surface area (Å²) in [5.74, 6) is -2.12. The number of carbonyl (C=O) groups excluding carboxylic acids is 3. The van der Waals surface area contributed by atoms with Crippen LogP contribution in [-0.4, -0.2) is 24.5 Å². The molecule has 0 bridgehead atoms. The zero-order chi connectivity index (χ0) is 20.1. The largest absolute Gasteiger partial charge is 0.464 e. The van der Waals surface area contributed by atoms with Crippen molar-refractivity contribution in [2.75, 3.05) is 11.9 Å². The lowest BCUT2D eigenvalue weighted by Crippen LogP contribution is -2.37. The number of anilines is 1. The second kappa shape index (κ2) is 8.34. The van der Waals surface area contributed by atoms with Crippen molar-refractivity contribution in [2.24, 2.45) is 0 Å². The molecule has 7 nitrogen and oxygen atoms in total. The number of esters is 1. The van der Waals surface area contributed by atoms with Gasteiger partial charge in [0.2, 0.25) is 0 Å². The van der Waals surface area contributed by atoms with Gasteiger partial charge in [-0.25, -0.2) is 9.18 Å². The van der Waals surface area contributed by atoms with E-state index in [2.05, 4.69) is 5.32 Å². The minimum Gasteiger partial charge on any atom is -0.464 e. The number of carbonyl (C=O) groups is 3. The van der Waals surface area contributed by atoms with Gasteiger partial charge in [0.05, 0.1) is 18.4 Å². The van der Waals surface area contributed by atoms with Crippen LogP contribution in [0.5, 0.6) is 0 Å². The minimum atomic E-state index is -0.928. The number of para-hydroxylation sites is 1. The third-order valence-electron chi connectivity index (χ3n) is 3.89. The summed E-state index contributed by atoms with van der Waals surface area (Å²) < 4.78 is 23.7. The maximum absolute atomic E-state index is 13.5. The van der Waals surface area contributed by atoms with Gasteiger partial charge in [-0.3, -0.25) is 14.9 Å². The number of halogens is 1. The number of aryl methyl sites for hydroxylation is 1. The van der Waals surface area contributed by atoms with Gasteiger partial charge in [-0.2, -0.15) is 0 Å². The molecule has 2 aromatic carbocycles. The molecule has 0 unspecified atom stereocenters. The molecule has 0 saturated heterocycles. The van der Waals surface area contributed by atoms with Crippen LogP contribution >= 0.6 is 0 Å². The first-order valence-corrected chi connectivity index (χ1v) is 8.40. The number of benzene rings is 2. The fraction of sp³-hybridized carbons (Fsp3) is 0.150. The van der Waals surface area contributed by atoms with Crippen LogP contribution in [0.1, 0.15) is 11.1 Å². The molecule has 1 heterocycles. The lowest BCUT2D eigenvalue weighted by atomic mass is 10.1. The predicted molar refractivity (Wildman–Crippen MR) is 99.2 cm³/mol. The standard InChI is InChI=1S/C20H17FN2O5/c1-12-6-7-14-13(10-27-17(14)8-12)9-19(25)28-11-18(24)23-20(26)22-16-5-3-2-4-15(16)21/h2-8,10H,9,11H2,1H3,(H2,22,23,24,26). The Hall–Kier alpha value is -3.68. The van der Waals surface area contributed by atoms with Crippen molar-refractivity contribution in [3.63, 3.8) is 0 Å². The summed E-state index contributed by atoms with van der Waals surface area (Å²) in [6.45, 7) is 1.29. The molecule has 0 atom stereocenters. The SMILES string of the molecule is Cc1ccc2c(CC(=O)OCC(=O)NC(=O)Nc3ccccc3F)coc2c1. The van der Waals surface area contributed by atoms with Crippen molar-refractivity contribution in [1.29, 1.82) is 0 Å². The summed E-state index contributed by atoms with van der Waals surface area (Å²) >= 11 is 0. The average molecular weight is 384 g/mol. The number of nitrogens with one attached hydrogen (secondary N) is 2. The molecule has 0 aliphatic heterocycles. The highest BCUT2D eigenvalue weighted by molar-refractivity contribution is 6.02. The molecule has 0 spiro atoms. The highest BCUT2D eigenvalue weighted by Crippen LogP contribution is 2.22. The molecule has 0 saturated carbocycles. The Balaban J connectivity index is 1.48. The first kappa shape index (κ1) is 19.1. The lowest BCUT2D eigenvalue weighted by Gasteiger charge is -2.08. The van der Waals surface area contributed by atoms with Gasteiger partial charge in [-0.15, -0.1) is 0 Å². The van der Waals surface area contributed by atoms with Crippen LogP contribution in [0.15, 0.2) is 53.1 Å². The van der Waals surface area contributed by atoms with E-state index in [1.807, 2.05) is 30.4 Å². The second-order valence-corrected chi connectivity index (χ2v) is 6.08. The van der Waals surface area contributed by atoms with E-state index in [-0.39, 0.29) is 12.1 Å². The van der Waals surface area contributed by atoms with E-state index < -0.39 is 30.3 Å². The topological polar surface area (TPSA) is 97.6 Å². The number of fused-ring (bicyclic) bond motifs is 1. The molecule has 0 aliphatic rings. The Morgan fingerprint density at radius 1 is 1.14 bits per heavy atom.